The van der Waals surface area contributed by atoms with Crippen LogP contribution < -0.4 is 0 Å². The highest BCUT2D eigenvalue weighted by atomic mass is 19.4. The second-order valence-corrected chi connectivity index (χ2v) is 4.48. The quantitative estimate of drug-likeness (QED) is 0.779. The Morgan fingerprint density at radius 2 is 1.67 bits per heavy atom. The van der Waals surface area contributed by atoms with E-state index < -0.39 is 12.3 Å². The van der Waals surface area contributed by atoms with E-state index in [1.54, 1.807) is 7.05 Å². The molecule has 2 unspecified atom stereocenters. The number of rotatable bonds is 5. The lowest BCUT2D eigenvalue weighted by atomic mass is 10.0. The third kappa shape index (κ3) is 5.99. The Balaban J connectivity index is 4.07. The summed E-state index contributed by atoms with van der Waals surface area (Å²) in [6, 6.07) is 0.0435. The lowest BCUT2D eigenvalue weighted by Crippen LogP contribution is -2.43. The van der Waals surface area contributed by atoms with Crippen LogP contribution in [-0.4, -0.2) is 41.9 Å². The fraction of sp³-hybridized carbons (Fsp3) is 1.00. The average Bonchev–Trinajstić information content (AvgIpc) is 2.00. The van der Waals surface area contributed by atoms with Crippen LogP contribution in [0.1, 0.15) is 27.2 Å². The second-order valence-electron chi connectivity index (χ2n) is 4.48. The molecule has 0 aromatic rings. The molecule has 0 amide bonds. The number of alkyl halides is 3. The minimum Gasteiger partial charge on any atom is -0.382 e. The molecule has 15 heavy (non-hydrogen) atoms. The van der Waals surface area contributed by atoms with Crippen molar-refractivity contribution in [1.82, 2.24) is 4.90 Å². The van der Waals surface area contributed by atoms with Gasteiger partial charge in [-0.25, -0.2) is 0 Å². The number of aliphatic hydroxyl groups is 1. The molecule has 2 atom stereocenters. The molecule has 92 valence electrons. The summed E-state index contributed by atoms with van der Waals surface area (Å²) in [4.78, 5) is 1.54. The number of nitrogens with zero attached hydrogens (tertiary/aromatic N) is 1. The first kappa shape index (κ1) is 14.7. The zero-order valence-corrected chi connectivity index (χ0v) is 9.67. The van der Waals surface area contributed by atoms with Crippen LogP contribution in [0.2, 0.25) is 0 Å². The molecular formula is C10H20F3NO. The molecular weight excluding hydrogens is 207 g/mol. The fourth-order valence-electron chi connectivity index (χ4n) is 1.42. The Hall–Kier alpha value is -0.290. The molecule has 0 aliphatic carbocycles. The van der Waals surface area contributed by atoms with Crippen LogP contribution in [0.4, 0.5) is 13.2 Å². The third-order valence-electron chi connectivity index (χ3n) is 2.40. The van der Waals surface area contributed by atoms with Crippen molar-refractivity contribution in [2.75, 3.05) is 13.6 Å². The Morgan fingerprint density at radius 3 is 2.00 bits per heavy atom. The summed E-state index contributed by atoms with van der Waals surface area (Å²) in [5, 5.41) is 8.87. The molecule has 0 bridgehead atoms. The Morgan fingerprint density at radius 1 is 1.20 bits per heavy atom. The maximum absolute atomic E-state index is 12.1. The van der Waals surface area contributed by atoms with Gasteiger partial charge in [0, 0.05) is 12.6 Å². The second kappa shape index (κ2) is 5.70. The van der Waals surface area contributed by atoms with E-state index in [2.05, 4.69) is 0 Å². The first-order chi connectivity index (χ1) is 6.64. The summed E-state index contributed by atoms with van der Waals surface area (Å²) in [6.45, 7) is 5.54. The highest BCUT2D eigenvalue weighted by Crippen LogP contribution is 2.21. The topological polar surface area (TPSA) is 23.5 Å². The molecule has 0 heterocycles. The van der Waals surface area contributed by atoms with Crippen molar-refractivity contribution < 1.29 is 18.3 Å². The largest absolute Gasteiger partial charge is 0.415 e. The molecule has 0 aliphatic rings. The lowest BCUT2D eigenvalue weighted by molar-refractivity contribution is -0.208. The predicted octanol–water partition coefficient (Wildman–Crippen LogP) is 2.28. The normalized spacial score (nSPS) is 17.2. The van der Waals surface area contributed by atoms with Gasteiger partial charge in [0.2, 0.25) is 0 Å². The Bertz CT molecular complexity index is 182. The van der Waals surface area contributed by atoms with Crippen LogP contribution >= 0.6 is 0 Å². The zero-order valence-electron chi connectivity index (χ0n) is 9.67. The monoisotopic (exact) mass is 227 g/mol. The minimum absolute atomic E-state index is 0.0435. The summed E-state index contributed by atoms with van der Waals surface area (Å²) in [6.07, 6.45) is -5.95. The van der Waals surface area contributed by atoms with Gasteiger partial charge in [-0.2, -0.15) is 13.2 Å². The fourth-order valence-corrected chi connectivity index (χ4v) is 1.42. The van der Waals surface area contributed by atoms with E-state index in [-0.39, 0.29) is 12.6 Å². The van der Waals surface area contributed by atoms with Crippen molar-refractivity contribution in [2.45, 2.75) is 45.5 Å². The van der Waals surface area contributed by atoms with Gasteiger partial charge in [-0.15, -0.1) is 0 Å². The van der Waals surface area contributed by atoms with Crippen LogP contribution in [0, 0.1) is 5.92 Å². The maximum atomic E-state index is 12.1. The number of hydrogen-bond donors (Lipinski definition) is 1. The highest BCUT2D eigenvalue weighted by Gasteiger charge is 2.39. The van der Waals surface area contributed by atoms with Crippen LogP contribution in [-0.2, 0) is 0 Å². The van der Waals surface area contributed by atoms with E-state index in [0.717, 1.165) is 6.42 Å². The van der Waals surface area contributed by atoms with E-state index in [4.69, 9.17) is 5.11 Å². The first-order valence-corrected chi connectivity index (χ1v) is 5.09. The molecule has 0 saturated heterocycles. The molecule has 0 saturated carbocycles. The number of aliphatic hydroxyl groups excluding tert-OH is 1. The van der Waals surface area contributed by atoms with E-state index in [1.807, 2.05) is 20.8 Å². The van der Waals surface area contributed by atoms with Crippen LogP contribution in [0.3, 0.4) is 0 Å². The average molecular weight is 227 g/mol. The van der Waals surface area contributed by atoms with Gasteiger partial charge in [-0.3, -0.25) is 0 Å². The van der Waals surface area contributed by atoms with E-state index >= 15 is 0 Å². The van der Waals surface area contributed by atoms with E-state index in [1.165, 1.54) is 4.90 Å². The molecule has 0 radical (unpaired) electrons. The number of hydrogen-bond acceptors (Lipinski definition) is 2. The summed E-state index contributed by atoms with van der Waals surface area (Å²) in [5.41, 5.74) is 0. The summed E-state index contributed by atoms with van der Waals surface area (Å²) < 4.78 is 36.2. The molecule has 0 aromatic carbocycles. The molecule has 0 rings (SSSR count). The van der Waals surface area contributed by atoms with Crippen molar-refractivity contribution in [3.05, 3.63) is 0 Å². The van der Waals surface area contributed by atoms with Gasteiger partial charge in [0.05, 0.1) is 0 Å². The SMILES string of the molecule is CC(C)CC(C)N(C)CC(O)C(F)(F)F. The highest BCUT2D eigenvalue weighted by molar-refractivity contribution is 4.73. The van der Waals surface area contributed by atoms with Crippen molar-refractivity contribution in [2.24, 2.45) is 5.92 Å². The van der Waals surface area contributed by atoms with Crippen molar-refractivity contribution in [1.29, 1.82) is 0 Å². The predicted molar refractivity (Wildman–Crippen MR) is 53.6 cm³/mol. The van der Waals surface area contributed by atoms with Gasteiger partial charge in [-0.05, 0) is 26.3 Å². The van der Waals surface area contributed by atoms with Crippen LogP contribution in [0.15, 0.2) is 0 Å². The summed E-state index contributed by atoms with van der Waals surface area (Å²) in [5.74, 6) is 0.436. The van der Waals surface area contributed by atoms with Gasteiger partial charge in [0.15, 0.2) is 6.10 Å². The van der Waals surface area contributed by atoms with Crippen molar-refractivity contribution >= 4 is 0 Å². The van der Waals surface area contributed by atoms with E-state index in [0.29, 0.717) is 5.92 Å². The number of likely N-dealkylation sites (N-methyl/N-ethyl adjacent to an activating group) is 1. The van der Waals surface area contributed by atoms with Gasteiger partial charge in [0.1, 0.15) is 0 Å². The van der Waals surface area contributed by atoms with Gasteiger partial charge in [-0.1, -0.05) is 13.8 Å². The van der Waals surface area contributed by atoms with Crippen molar-refractivity contribution in [3.8, 4) is 0 Å². The molecule has 0 fully saturated rings. The zero-order chi connectivity index (χ0) is 12.2. The molecule has 0 spiro atoms. The Kier molecular flexibility index (Phi) is 5.59. The van der Waals surface area contributed by atoms with Crippen LogP contribution in [0.25, 0.3) is 0 Å². The molecule has 2 nitrogen and oxygen atoms in total. The summed E-state index contributed by atoms with van der Waals surface area (Å²) >= 11 is 0. The molecule has 1 N–H and O–H groups in total. The number of halogens is 3. The van der Waals surface area contributed by atoms with Crippen molar-refractivity contribution in [3.63, 3.8) is 0 Å². The first-order valence-electron chi connectivity index (χ1n) is 5.09. The van der Waals surface area contributed by atoms with Gasteiger partial charge in [0.25, 0.3) is 0 Å². The molecule has 0 aromatic heterocycles. The maximum Gasteiger partial charge on any atom is 0.415 e. The molecule has 5 heteroatoms. The summed E-state index contributed by atoms with van der Waals surface area (Å²) in [7, 11) is 1.60. The smallest absolute Gasteiger partial charge is 0.382 e. The van der Waals surface area contributed by atoms with Crippen LogP contribution in [0.5, 0.6) is 0 Å². The standard InChI is InChI=1S/C10H20F3NO/c1-7(2)5-8(3)14(4)6-9(15)10(11,12)13/h7-9,15H,5-6H2,1-4H3. The third-order valence-corrected chi connectivity index (χ3v) is 2.40. The van der Waals surface area contributed by atoms with E-state index in [9.17, 15) is 13.2 Å². The van der Waals surface area contributed by atoms with Gasteiger partial charge >= 0.3 is 6.18 Å². The Labute approximate surface area is 89.1 Å². The van der Waals surface area contributed by atoms with Gasteiger partial charge < -0.3 is 10.0 Å². The molecule has 0 aliphatic heterocycles. The lowest BCUT2D eigenvalue weighted by Gasteiger charge is -2.28. The minimum atomic E-state index is -4.52.